The summed E-state index contributed by atoms with van der Waals surface area (Å²) in [5.74, 6) is 0.600. The van der Waals surface area contributed by atoms with Crippen molar-refractivity contribution in [1.82, 2.24) is 18.6 Å². The zero-order valence-electron chi connectivity index (χ0n) is 12.0. The minimum Gasteiger partial charge on any atom is -0.336 e. The molecular weight excluding hydrogens is 312 g/mol. The zero-order chi connectivity index (χ0) is 15.6. The van der Waals surface area contributed by atoms with Crippen LogP contribution in [0, 0.1) is 0 Å². The van der Waals surface area contributed by atoms with Gasteiger partial charge in [0.25, 0.3) is 10.2 Å². The van der Waals surface area contributed by atoms with Gasteiger partial charge in [0.15, 0.2) is 0 Å². The van der Waals surface area contributed by atoms with Crippen LogP contribution in [0.4, 0.5) is 0 Å². The first-order chi connectivity index (χ1) is 9.81. The first kappa shape index (κ1) is 16.0. The van der Waals surface area contributed by atoms with E-state index >= 15 is 0 Å². The number of imidazole rings is 1. The molecule has 2 rings (SSSR count). The van der Waals surface area contributed by atoms with Gasteiger partial charge >= 0.3 is 0 Å². The fourth-order valence-corrected chi connectivity index (χ4v) is 2.71. The summed E-state index contributed by atoms with van der Waals surface area (Å²) in [4.78, 5) is 4.24. The highest BCUT2D eigenvalue weighted by atomic mass is 35.5. The molecule has 0 aliphatic carbocycles. The molecule has 0 aliphatic rings. The molecule has 1 heterocycles. The number of hydrogen-bond donors (Lipinski definition) is 1. The van der Waals surface area contributed by atoms with Gasteiger partial charge in [-0.1, -0.05) is 23.7 Å². The Morgan fingerprint density at radius 1 is 1.29 bits per heavy atom. The molecule has 1 unspecified atom stereocenters. The van der Waals surface area contributed by atoms with Crippen molar-refractivity contribution in [1.29, 1.82) is 0 Å². The first-order valence-electron chi connectivity index (χ1n) is 6.23. The standard InChI is InChI=1S/C13H17ClN4O2S/c1-17(2)21(19,20)16-12(13-15-8-9-18(13)3)10-4-6-11(14)7-5-10/h4-9,12,16H,1-3H3. The zero-order valence-corrected chi connectivity index (χ0v) is 13.6. The van der Waals surface area contributed by atoms with Gasteiger partial charge in [0, 0.05) is 38.6 Å². The van der Waals surface area contributed by atoms with Gasteiger partial charge in [-0.3, -0.25) is 0 Å². The van der Waals surface area contributed by atoms with Gasteiger partial charge in [-0.15, -0.1) is 0 Å². The van der Waals surface area contributed by atoms with Gasteiger partial charge in [0.1, 0.15) is 11.9 Å². The van der Waals surface area contributed by atoms with Crippen LogP contribution in [0.2, 0.25) is 5.02 Å². The smallest absolute Gasteiger partial charge is 0.279 e. The molecule has 8 heteroatoms. The van der Waals surface area contributed by atoms with Crippen LogP contribution >= 0.6 is 11.6 Å². The molecule has 0 amide bonds. The van der Waals surface area contributed by atoms with Gasteiger partial charge in [-0.05, 0) is 17.7 Å². The summed E-state index contributed by atoms with van der Waals surface area (Å²) in [6.45, 7) is 0. The number of hydrogen-bond acceptors (Lipinski definition) is 3. The number of halogens is 1. The van der Waals surface area contributed by atoms with Crippen LogP contribution in [0.1, 0.15) is 17.4 Å². The SMILES string of the molecule is CN(C)S(=O)(=O)NC(c1ccc(Cl)cc1)c1nccn1C. The summed E-state index contributed by atoms with van der Waals surface area (Å²) >= 11 is 5.89. The lowest BCUT2D eigenvalue weighted by Crippen LogP contribution is -2.39. The monoisotopic (exact) mass is 328 g/mol. The summed E-state index contributed by atoms with van der Waals surface area (Å²) in [6.07, 6.45) is 3.39. The number of benzene rings is 1. The molecule has 0 saturated heterocycles. The molecule has 0 fully saturated rings. The van der Waals surface area contributed by atoms with E-state index in [0.29, 0.717) is 10.8 Å². The molecule has 0 bridgehead atoms. The Morgan fingerprint density at radius 3 is 2.38 bits per heavy atom. The Kier molecular flexibility index (Phi) is 4.67. The Hall–Kier alpha value is -1.41. The maximum atomic E-state index is 12.1. The molecule has 1 atom stereocenters. The highest BCUT2D eigenvalue weighted by Gasteiger charge is 2.25. The summed E-state index contributed by atoms with van der Waals surface area (Å²) in [5.41, 5.74) is 0.763. The fourth-order valence-electron chi connectivity index (χ4n) is 1.83. The Bertz CT molecular complexity index is 710. The molecule has 114 valence electrons. The van der Waals surface area contributed by atoms with Gasteiger partial charge < -0.3 is 4.57 Å². The van der Waals surface area contributed by atoms with Crippen LogP contribution < -0.4 is 4.72 Å². The topological polar surface area (TPSA) is 67.2 Å². The lowest BCUT2D eigenvalue weighted by molar-refractivity contribution is 0.493. The Labute approximate surface area is 129 Å². The van der Waals surface area contributed by atoms with Gasteiger partial charge in [-0.25, -0.2) is 4.98 Å². The number of nitrogens with zero attached hydrogens (tertiary/aromatic N) is 3. The summed E-state index contributed by atoms with van der Waals surface area (Å²) in [5, 5.41) is 0.591. The number of rotatable bonds is 5. The maximum absolute atomic E-state index is 12.1. The van der Waals surface area contributed by atoms with E-state index in [1.54, 1.807) is 41.2 Å². The Morgan fingerprint density at radius 2 is 1.90 bits per heavy atom. The molecule has 0 aliphatic heterocycles. The predicted octanol–water partition coefficient (Wildman–Crippen LogP) is 1.56. The normalized spacial score (nSPS) is 13.6. The third-order valence-electron chi connectivity index (χ3n) is 3.07. The predicted molar refractivity (Wildman–Crippen MR) is 82.2 cm³/mol. The van der Waals surface area contributed by atoms with Crippen LogP contribution in [0.5, 0.6) is 0 Å². The third kappa shape index (κ3) is 3.62. The summed E-state index contributed by atoms with van der Waals surface area (Å²) in [6, 6.07) is 6.41. The molecule has 6 nitrogen and oxygen atoms in total. The van der Waals surface area contributed by atoms with Crippen molar-refractivity contribution < 1.29 is 8.42 Å². The highest BCUT2D eigenvalue weighted by molar-refractivity contribution is 7.87. The number of aryl methyl sites for hydroxylation is 1. The van der Waals surface area contributed by atoms with E-state index < -0.39 is 16.3 Å². The van der Waals surface area contributed by atoms with E-state index in [1.165, 1.54) is 14.1 Å². The lowest BCUT2D eigenvalue weighted by atomic mass is 10.1. The van der Waals surface area contributed by atoms with E-state index in [9.17, 15) is 8.42 Å². The van der Waals surface area contributed by atoms with E-state index in [1.807, 2.05) is 7.05 Å². The molecule has 0 radical (unpaired) electrons. The number of aromatic nitrogens is 2. The van der Waals surface area contributed by atoms with E-state index in [-0.39, 0.29) is 0 Å². The molecule has 1 N–H and O–H groups in total. The molecule has 1 aromatic carbocycles. The van der Waals surface area contributed by atoms with Crippen molar-refractivity contribution in [3.05, 3.63) is 53.1 Å². The lowest BCUT2D eigenvalue weighted by Gasteiger charge is -2.21. The molecule has 0 spiro atoms. The fraction of sp³-hybridized carbons (Fsp3) is 0.308. The molecule has 21 heavy (non-hydrogen) atoms. The second-order valence-corrected chi connectivity index (χ2v) is 7.14. The van der Waals surface area contributed by atoms with Gasteiger partial charge in [0.2, 0.25) is 0 Å². The summed E-state index contributed by atoms with van der Waals surface area (Å²) < 4.78 is 29.8. The van der Waals surface area contributed by atoms with Crippen molar-refractivity contribution in [3.63, 3.8) is 0 Å². The molecule has 2 aromatic rings. The van der Waals surface area contributed by atoms with Crippen molar-refractivity contribution in [2.45, 2.75) is 6.04 Å². The van der Waals surface area contributed by atoms with Crippen molar-refractivity contribution >= 4 is 21.8 Å². The van der Waals surface area contributed by atoms with Crippen molar-refractivity contribution in [2.75, 3.05) is 14.1 Å². The van der Waals surface area contributed by atoms with Gasteiger partial charge in [0.05, 0.1) is 0 Å². The van der Waals surface area contributed by atoms with Crippen LogP contribution in [-0.2, 0) is 17.3 Å². The quantitative estimate of drug-likeness (QED) is 0.905. The summed E-state index contributed by atoms with van der Waals surface area (Å²) in [7, 11) is 1.16. The van der Waals surface area contributed by atoms with Crippen LogP contribution in [-0.4, -0.2) is 36.4 Å². The third-order valence-corrected chi connectivity index (χ3v) is 4.81. The number of nitrogens with one attached hydrogen (secondary N) is 1. The Balaban J connectivity index is 2.45. The minimum atomic E-state index is -3.60. The van der Waals surface area contributed by atoms with Crippen molar-refractivity contribution in [2.24, 2.45) is 7.05 Å². The van der Waals surface area contributed by atoms with Crippen LogP contribution in [0.25, 0.3) is 0 Å². The highest BCUT2D eigenvalue weighted by Crippen LogP contribution is 2.23. The minimum absolute atomic E-state index is 0.588. The average Bonchev–Trinajstić information content (AvgIpc) is 2.83. The molecular formula is C13H17ClN4O2S. The van der Waals surface area contributed by atoms with Crippen LogP contribution in [0.15, 0.2) is 36.7 Å². The van der Waals surface area contributed by atoms with Crippen LogP contribution in [0.3, 0.4) is 0 Å². The molecule has 1 aromatic heterocycles. The second kappa shape index (κ2) is 6.15. The van der Waals surface area contributed by atoms with E-state index in [0.717, 1.165) is 9.87 Å². The maximum Gasteiger partial charge on any atom is 0.279 e. The molecule has 0 saturated carbocycles. The average molecular weight is 329 g/mol. The first-order valence-corrected chi connectivity index (χ1v) is 8.05. The second-order valence-electron chi connectivity index (χ2n) is 4.79. The largest absolute Gasteiger partial charge is 0.336 e. The van der Waals surface area contributed by atoms with Gasteiger partial charge in [-0.2, -0.15) is 17.4 Å². The van der Waals surface area contributed by atoms with Crippen molar-refractivity contribution in [3.8, 4) is 0 Å². The van der Waals surface area contributed by atoms with E-state index in [2.05, 4.69) is 9.71 Å². The van der Waals surface area contributed by atoms with E-state index in [4.69, 9.17) is 11.6 Å².